The molecule has 3 amide bonds. The van der Waals surface area contributed by atoms with E-state index in [1.165, 1.54) is 4.90 Å². The number of carbonyl (C=O) groups is 3. The fourth-order valence-corrected chi connectivity index (χ4v) is 1.58. The van der Waals surface area contributed by atoms with Crippen LogP contribution in [0.15, 0.2) is 0 Å². The summed E-state index contributed by atoms with van der Waals surface area (Å²) in [6, 6.07) is 0. The Morgan fingerprint density at radius 2 is 2.06 bits per heavy atom. The third-order valence-electron chi connectivity index (χ3n) is 2.45. The van der Waals surface area contributed by atoms with E-state index < -0.39 is 17.9 Å². The van der Waals surface area contributed by atoms with Crippen molar-refractivity contribution in [1.29, 1.82) is 0 Å². The Bertz CT molecular complexity index is 313. The van der Waals surface area contributed by atoms with Crippen LogP contribution in [0.2, 0.25) is 0 Å². The van der Waals surface area contributed by atoms with E-state index in [2.05, 4.69) is 15.4 Å². The lowest BCUT2D eigenvalue weighted by Crippen LogP contribution is -2.45. The number of ether oxygens (including phenoxy) is 1. The molecule has 1 fully saturated rings. The Hall–Kier alpha value is -1.83. The SMILES string of the molecule is NC(=O)OCCNC(=O)C(=O)N1CCCNCC1. The molecule has 4 N–H and O–H groups in total. The molecule has 0 aromatic carbocycles. The topological polar surface area (TPSA) is 114 Å². The van der Waals surface area contributed by atoms with E-state index >= 15 is 0 Å². The first-order chi connectivity index (χ1) is 8.61. The molecule has 8 heteroatoms. The van der Waals surface area contributed by atoms with E-state index in [9.17, 15) is 14.4 Å². The second kappa shape index (κ2) is 7.49. The molecule has 8 nitrogen and oxygen atoms in total. The molecule has 0 saturated carbocycles. The van der Waals surface area contributed by atoms with Crippen LogP contribution in [0, 0.1) is 0 Å². The molecular formula is C10H18N4O4. The van der Waals surface area contributed by atoms with Crippen LogP contribution in [0.4, 0.5) is 4.79 Å². The Morgan fingerprint density at radius 3 is 2.78 bits per heavy atom. The van der Waals surface area contributed by atoms with Crippen molar-refractivity contribution < 1.29 is 19.1 Å². The first-order valence-electron chi connectivity index (χ1n) is 5.81. The molecular weight excluding hydrogens is 240 g/mol. The summed E-state index contributed by atoms with van der Waals surface area (Å²) in [6.45, 7) is 2.64. The molecule has 1 saturated heterocycles. The highest BCUT2D eigenvalue weighted by Gasteiger charge is 2.21. The van der Waals surface area contributed by atoms with Crippen LogP contribution in [0.5, 0.6) is 0 Å². The van der Waals surface area contributed by atoms with E-state index in [0.717, 1.165) is 13.0 Å². The molecule has 0 atom stereocenters. The van der Waals surface area contributed by atoms with E-state index in [-0.39, 0.29) is 13.2 Å². The normalized spacial score (nSPS) is 15.7. The monoisotopic (exact) mass is 258 g/mol. The minimum atomic E-state index is -0.908. The van der Waals surface area contributed by atoms with Crippen molar-refractivity contribution in [2.75, 3.05) is 39.3 Å². The number of nitrogens with one attached hydrogen (secondary N) is 2. The Kier molecular flexibility index (Phi) is 5.92. The van der Waals surface area contributed by atoms with Crippen molar-refractivity contribution in [3.63, 3.8) is 0 Å². The molecule has 0 spiro atoms. The maximum atomic E-state index is 11.7. The molecule has 1 rings (SSSR count). The highest BCUT2D eigenvalue weighted by molar-refractivity contribution is 6.35. The van der Waals surface area contributed by atoms with Crippen LogP contribution in [0.25, 0.3) is 0 Å². The van der Waals surface area contributed by atoms with Gasteiger partial charge in [0.2, 0.25) is 0 Å². The summed E-state index contributed by atoms with van der Waals surface area (Å²) in [7, 11) is 0. The Balaban J connectivity index is 2.27. The molecule has 102 valence electrons. The maximum absolute atomic E-state index is 11.7. The van der Waals surface area contributed by atoms with Crippen molar-refractivity contribution in [3.8, 4) is 0 Å². The van der Waals surface area contributed by atoms with Gasteiger partial charge in [-0.25, -0.2) is 4.79 Å². The van der Waals surface area contributed by atoms with Gasteiger partial charge >= 0.3 is 17.9 Å². The molecule has 1 aliphatic heterocycles. The third kappa shape index (κ3) is 5.00. The van der Waals surface area contributed by atoms with Gasteiger partial charge in [-0.15, -0.1) is 0 Å². The summed E-state index contributed by atoms with van der Waals surface area (Å²) in [5, 5.41) is 5.51. The highest BCUT2D eigenvalue weighted by Crippen LogP contribution is 1.96. The molecule has 0 aromatic heterocycles. The second-order valence-electron chi connectivity index (χ2n) is 3.82. The lowest BCUT2D eigenvalue weighted by molar-refractivity contribution is -0.145. The number of hydrogen-bond acceptors (Lipinski definition) is 5. The second-order valence-corrected chi connectivity index (χ2v) is 3.82. The third-order valence-corrected chi connectivity index (χ3v) is 2.45. The summed E-state index contributed by atoms with van der Waals surface area (Å²) in [4.78, 5) is 35.0. The van der Waals surface area contributed by atoms with Crippen LogP contribution in [-0.4, -0.2) is 62.1 Å². The predicted molar refractivity (Wildman–Crippen MR) is 62.6 cm³/mol. The maximum Gasteiger partial charge on any atom is 0.404 e. The number of nitrogens with two attached hydrogens (primary N) is 1. The average Bonchev–Trinajstić information content (AvgIpc) is 2.61. The van der Waals surface area contributed by atoms with Gasteiger partial charge in [-0.05, 0) is 13.0 Å². The number of primary amides is 1. The minimum absolute atomic E-state index is 0.0457. The molecule has 0 unspecified atom stereocenters. The van der Waals surface area contributed by atoms with Gasteiger partial charge in [-0.2, -0.15) is 0 Å². The molecule has 18 heavy (non-hydrogen) atoms. The lowest BCUT2D eigenvalue weighted by Gasteiger charge is -2.18. The number of hydrogen-bond donors (Lipinski definition) is 3. The van der Waals surface area contributed by atoms with Gasteiger partial charge in [-0.3, -0.25) is 9.59 Å². The molecule has 1 heterocycles. The lowest BCUT2D eigenvalue weighted by atomic mass is 10.3. The quantitative estimate of drug-likeness (QED) is 0.401. The number of carbonyl (C=O) groups excluding carboxylic acids is 3. The van der Waals surface area contributed by atoms with Gasteiger partial charge in [0.1, 0.15) is 6.61 Å². The van der Waals surface area contributed by atoms with Gasteiger partial charge in [-0.1, -0.05) is 0 Å². The summed E-state index contributed by atoms with van der Waals surface area (Å²) >= 11 is 0. The van der Waals surface area contributed by atoms with Crippen LogP contribution in [-0.2, 0) is 14.3 Å². The van der Waals surface area contributed by atoms with Gasteiger partial charge in [0.05, 0.1) is 6.54 Å². The van der Waals surface area contributed by atoms with Gasteiger partial charge in [0.15, 0.2) is 0 Å². The Morgan fingerprint density at radius 1 is 1.28 bits per heavy atom. The fourth-order valence-electron chi connectivity index (χ4n) is 1.58. The summed E-state index contributed by atoms with van der Waals surface area (Å²) in [5.41, 5.74) is 4.75. The van der Waals surface area contributed by atoms with E-state index in [1.54, 1.807) is 0 Å². The van der Waals surface area contributed by atoms with Crippen molar-refractivity contribution in [1.82, 2.24) is 15.5 Å². The van der Waals surface area contributed by atoms with Crippen molar-refractivity contribution in [3.05, 3.63) is 0 Å². The Labute approximate surface area is 105 Å². The minimum Gasteiger partial charge on any atom is -0.448 e. The van der Waals surface area contributed by atoms with Crippen LogP contribution in [0.1, 0.15) is 6.42 Å². The zero-order chi connectivity index (χ0) is 13.4. The van der Waals surface area contributed by atoms with Crippen molar-refractivity contribution >= 4 is 17.9 Å². The zero-order valence-corrected chi connectivity index (χ0v) is 10.1. The molecule has 0 radical (unpaired) electrons. The summed E-state index contributed by atoms with van der Waals surface area (Å²) < 4.78 is 4.43. The summed E-state index contributed by atoms with van der Waals surface area (Å²) in [6.07, 6.45) is -0.0850. The average molecular weight is 258 g/mol. The zero-order valence-electron chi connectivity index (χ0n) is 10.1. The van der Waals surface area contributed by atoms with E-state index in [1.807, 2.05) is 0 Å². The smallest absolute Gasteiger partial charge is 0.404 e. The molecule has 1 aliphatic rings. The first-order valence-corrected chi connectivity index (χ1v) is 5.81. The fraction of sp³-hybridized carbons (Fsp3) is 0.700. The van der Waals surface area contributed by atoms with E-state index in [4.69, 9.17) is 5.73 Å². The molecule has 0 bridgehead atoms. The van der Waals surface area contributed by atoms with Crippen LogP contribution >= 0.6 is 0 Å². The van der Waals surface area contributed by atoms with Crippen molar-refractivity contribution in [2.45, 2.75) is 6.42 Å². The van der Waals surface area contributed by atoms with E-state index in [0.29, 0.717) is 19.6 Å². The molecule has 0 aliphatic carbocycles. The highest BCUT2D eigenvalue weighted by atomic mass is 16.5. The van der Waals surface area contributed by atoms with Crippen LogP contribution in [0.3, 0.4) is 0 Å². The standard InChI is InChI=1S/C10H18N4O4/c11-10(17)18-7-4-13-8(15)9(16)14-5-1-2-12-3-6-14/h12H,1-7H2,(H2,11,17)(H,13,15). The molecule has 0 aromatic rings. The van der Waals surface area contributed by atoms with Crippen molar-refractivity contribution in [2.24, 2.45) is 5.73 Å². The number of amides is 3. The van der Waals surface area contributed by atoms with Gasteiger partial charge < -0.3 is 26.0 Å². The number of rotatable bonds is 3. The predicted octanol–water partition coefficient (Wildman–Crippen LogP) is -1.98. The van der Waals surface area contributed by atoms with Gasteiger partial charge in [0.25, 0.3) is 0 Å². The largest absolute Gasteiger partial charge is 0.448 e. The first kappa shape index (κ1) is 14.2. The van der Waals surface area contributed by atoms with Gasteiger partial charge in [0, 0.05) is 19.6 Å². The number of nitrogens with zero attached hydrogens (tertiary/aromatic N) is 1. The van der Waals surface area contributed by atoms with Crippen LogP contribution < -0.4 is 16.4 Å². The summed E-state index contributed by atoms with van der Waals surface area (Å²) in [5.74, 6) is -1.25.